The van der Waals surface area contributed by atoms with Gasteiger partial charge in [0.15, 0.2) is 12.4 Å². The average molecular weight is 451 g/mol. The van der Waals surface area contributed by atoms with Crippen molar-refractivity contribution in [2.45, 2.75) is 17.9 Å². The molecule has 1 atom stereocenters. The lowest BCUT2D eigenvalue weighted by Gasteiger charge is -2.09. The quantitative estimate of drug-likeness (QED) is 0.556. The monoisotopic (exact) mass is 450 g/mol. The number of halogens is 1. The van der Waals surface area contributed by atoms with E-state index in [1.165, 1.54) is 13.0 Å². The highest BCUT2D eigenvalue weighted by Gasteiger charge is 2.31. The van der Waals surface area contributed by atoms with Crippen LogP contribution in [0.15, 0.2) is 62.9 Å². The molecular weight excluding hydrogens is 436 g/mol. The summed E-state index contributed by atoms with van der Waals surface area (Å²) in [6, 6.07) is 12.0. The summed E-state index contributed by atoms with van der Waals surface area (Å²) >= 11 is 3.28. The summed E-state index contributed by atoms with van der Waals surface area (Å²) in [5, 5.41) is 0. The molecule has 3 rings (SSSR count). The summed E-state index contributed by atoms with van der Waals surface area (Å²) < 4.78 is 32.3. The number of ketones is 1. The second-order valence-electron chi connectivity index (χ2n) is 5.79. The third kappa shape index (κ3) is 4.25. The van der Waals surface area contributed by atoms with Gasteiger partial charge in [-0.15, -0.1) is 0 Å². The highest BCUT2D eigenvalue weighted by Crippen LogP contribution is 2.22. The van der Waals surface area contributed by atoms with Crippen LogP contribution in [0.1, 0.15) is 22.8 Å². The summed E-state index contributed by atoms with van der Waals surface area (Å²) in [7, 11) is -3.68. The van der Waals surface area contributed by atoms with Crippen LogP contribution in [-0.4, -0.2) is 38.7 Å². The molecule has 0 bridgehead atoms. The Balaban J connectivity index is 1.67. The molecule has 0 aromatic heterocycles. The molecule has 140 valence electrons. The first-order chi connectivity index (χ1) is 12.8. The van der Waals surface area contributed by atoms with Crippen molar-refractivity contribution in [3.8, 4) is 0 Å². The summed E-state index contributed by atoms with van der Waals surface area (Å²) in [6.07, 6.45) is 0. The van der Waals surface area contributed by atoms with Crippen LogP contribution >= 0.6 is 15.9 Å². The largest absolute Gasteiger partial charge is 0.456 e. The van der Waals surface area contributed by atoms with Crippen molar-refractivity contribution in [2.24, 2.45) is 4.99 Å². The number of carbonyl (C=O) groups is 2. The Labute approximate surface area is 164 Å². The Bertz CT molecular complexity index is 1030. The number of aliphatic imine (C=N–C) groups is 1. The molecule has 1 aliphatic heterocycles. The van der Waals surface area contributed by atoms with Crippen molar-refractivity contribution in [1.29, 1.82) is 0 Å². The molecule has 0 saturated heterocycles. The third-order valence-electron chi connectivity index (χ3n) is 3.84. The fourth-order valence-electron chi connectivity index (χ4n) is 2.45. The van der Waals surface area contributed by atoms with Crippen LogP contribution in [0.4, 0.5) is 0 Å². The van der Waals surface area contributed by atoms with Gasteiger partial charge in [0.25, 0.3) is 10.0 Å². The maximum atomic E-state index is 12.1. The molecule has 0 saturated carbocycles. The van der Waals surface area contributed by atoms with E-state index < -0.39 is 28.6 Å². The van der Waals surface area contributed by atoms with Crippen LogP contribution in [-0.2, 0) is 19.6 Å². The minimum absolute atomic E-state index is 0.0780. The summed E-state index contributed by atoms with van der Waals surface area (Å²) in [6.45, 7) is 1.05. The zero-order valence-electron chi connectivity index (χ0n) is 14.2. The molecule has 0 fully saturated rings. The minimum atomic E-state index is -3.68. The van der Waals surface area contributed by atoms with Crippen molar-refractivity contribution in [1.82, 2.24) is 4.72 Å². The lowest BCUT2D eigenvalue weighted by Crippen LogP contribution is -2.27. The lowest BCUT2D eigenvalue weighted by atomic mass is 10.1. The van der Waals surface area contributed by atoms with E-state index in [2.05, 4.69) is 25.6 Å². The van der Waals surface area contributed by atoms with Gasteiger partial charge in [-0.2, -0.15) is 0 Å². The number of sulfonamides is 1. The van der Waals surface area contributed by atoms with Gasteiger partial charge in [0, 0.05) is 15.6 Å². The topological polar surface area (TPSA) is 102 Å². The predicted octanol–water partition coefficient (Wildman–Crippen LogP) is 2.30. The number of Topliss-reactive ketones (excluding diaryl/α,β-unsaturated/α-hetero) is 1. The number of fused-ring (bicyclic) bond motifs is 1. The van der Waals surface area contributed by atoms with Crippen molar-refractivity contribution in [3.05, 3.63) is 64.1 Å². The number of rotatable bonds is 5. The smallest absolute Gasteiger partial charge is 0.331 e. The van der Waals surface area contributed by atoms with Gasteiger partial charge in [0.2, 0.25) is 0 Å². The van der Waals surface area contributed by atoms with Crippen molar-refractivity contribution >= 4 is 43.5 Å². The van der Waals surface area contributed by atoms with Gasteiger partial charge >= 0.3 is 5.97 Å². The molecular formula is C18H15BrN2O5S. The zero-order chi connectivity index (χ0) is 19.6. The number of ether oxygens (including phenoxy) is 1. The molecule has 9 heteroatoms. The Kier molecular flexibility index (Phi) is 5.43. The second kappa shape index (κ2) is 7.61. The maximum Gasteiger partial charge on any atom is 0.331 e. The first kappa shape index (κ1) is 19.2. The van der Waals surface area contributed by atoms with E-state index in [1.807, 2.05) is 0 Å². The van der Waals surface area contributed by atoms with E-state index in [4.69, 9.17) is 4.74 Å². The van der Waals surface area contributed by atoms with Crippen LogP contribution in [0, 0.1) is 0 Å². The van der Waals surface area contributed by atoms with Crippen LogP contribution in [0.25, 0.3) is 0 Å². The Morgan fingerprint density at radius 3 is 2.52 bits per heavy atom. The van der Waals surface area contributed by atoms with Crippen LogP contribution < -0.4 is 4.72 Å². The Morgan fingerprint density at radius 1 is 1.15 bits per heavy atom. The number of esters is 1. The van der Waals surface area contributed by atoms with Gasteiger partial charge in [-0.3, -0.25) is 14.5 Å². The number of benzene rings is 2. The number of nitrogens with one attached hydrogen (secondary N) is 1. The standard InChI is InChI=1S/C18H15BrN2O5S/c1-11(18(23)26-10-15(22)12-6-8-13(19)9-7-12)20-17-14-4-2-3-5-16(14)27(24,25)21-17/h2-9,11H,10H2,1H3,(H,20,21)/t11-/m1/s1. The average Bonchev–Trinajstić information content (AvgIpc) is 2.90. The van der Waals surface area contributed by atoms with Gasteiger partial charge in [-0.1, -0.05) is 40.2 Å². The normalized spacial score (nSPS) is 17.0. The van der Waals surface area contributed by atoms with Crippen molar-refractivity contribution < 1.29 is 22.7 Å². The van der Waals surface area contributed by atoms with E-state index in [0.29, 0.717) is 11.1 Å². The van der Waals surface area contributed by atoms with Crippen LogP contribution in [0.5, 0.6) is 0 Å². The van der Waals surface area contributed by atoms with Gasteiger partial charge < -0.3 is 4.74 Å². The first-order valence-electron chi connectivity index (χ1n) is 7.93. The van der Waals surface area contributed by atoms with E-state index >= 15 is 0 Å². The van der Waals surface area contributed by atoms with Gasteiger partial charge in [-0.05, 0) is 31.2 Å². The third-order valence-corrected chi connectivity index (χ3v) is 5.76. The number of hydrogen-bond acceptors (Lipinski definition) is 6. The lowest BCUT2D eigenvalue weighted by molar-refractivity contribution is -0.143. The molecule has 0 spiro atoms. The molecule has 1 heterocycles. The van der Waals surface area contributed by atoms with Crippen LogP contribution in [0.3, 0.4) is 0 Å². The maximum absolute atomic E-state index is 12.1. The Morgan fingerprint density at radius 2 is 1.81 bits per heavy atom. The summed E-state index contributed by atoms with van der Waals surface area (Å²) in [5.41, 5.74) is 0.811. The first-order valence-corrected chi connectivity index (χ1v) is 10.2. The molecule has 0 radical (unpaired) electrons. The molecule has 2 aromatic carbocycles. The number of nitrogens with zero attached hydrogens (tertiary/aromatic N) is 1. The highest BCUT2D eigenvalue weighted by atomic mass is 79.9. The molecule has 27 heavy (non-hydrogen) atoms. The predicted molar refractivity (Wildman–Crippen MR) is 102 cm³/mol. The molecule has 0 unspecified atom stereocenters. The molecule has 1 N–H and O–H groups in total. The molecule has 0 aliphatic carbocycles. The van der Waals surface area contributed by atoms with Crippen molar-refractivity contribution in [2.75, 3.05) is 6.61 Å². The van der Waals surface area contributed by atoms with Crippen molar-refractivity contribution in [3.63, 3.8) is 0 Å². The van der Waals surface area contributed by atoms with E-state index in [9.17, 15) is 18.0 Å². The molecule has 2 aromatic rings. The summed E-state index contributed by atoms with van der Waals surface area (Å²) in [4.78, 5) is 28.4. The number of carbonyl (C=O) groups excluding carboxylic acids is 2. The number of hydrogen-bond donors (Lipinski definition) is 1. The fraction of sp³-hybridized carbons (Fsp3) is 0.167. The fourth-order valence-corrected chi connectivity index (χ4v) is 3.96. The van der Waals surface area contributed by atoms with E-state index in [-0.39, 0.29) is 16.5 Å². The van der Waals surface area contributed by atoms with E-state index in [1.54, 1.807) is 42.5 Å². The Hall–Kier alpha value is -2.52. The highest BCUT2D eigenvalue weighted by molar-refractivity contribution is 9.10. The summed E-state index contributed by atoms with van der Waals surface area (Å²) in [5.74, 6) is -0.992. The van der Waals surface area contributed by atoms with Gasteiger partial charge in [-0.25, -0.2) is 13.2 Å². The molecule has 0 amide bonds. The molecule has 1 aliphatic rings. The second-order valence-corrected chi connectivity index (χ2v) is 8.36. The van der Waals surface area contributed by atoms with Gasteiger partial charge in [0.05, 0.1) is 4.90 Å². The molecule has 7 nitrogen and oxygen atoms in total. The minimum Gasteiger partial charge on any atom is -0.456 e. The SMILES string of the molecule is C[C@@H](N=C1NS(=O)(=O)c2ccccc21)C(=O)OCC(=O)c1ccc(Br)cc1. The van der Waals surface area contributed by atoms with E-state index in [0.717, 1.165) is 4.47 Å². The van der Waals surface area contributed by atoms with Gasteiger partial charge in [0.1, 0.15) is 11.9 Å². The zero-order valence-corrected chi connectivity index (χ0v) is 16.6. The number of amidine groups is 1. The van der Waals surface area contributed by atoms with Crippen LogP contribution in [0.2, 0.25) is 0 Å².